The fourth-order valence-corrected chi connectivity index (χ4v) is 2.11. The van der Waals surface area contributed by atoms with E-state index in [1.807, 2.05) is 6.92 Å². The van der Waals surface area contributed by atoms with Crippen molar-refractivity contribution in [1.29, 1.82) is 0 Å². The minimum absolute atomic E-state index is 0.218. The van der Waals surface area contributed by atoms with Crippen molar-refractivity contribution in [3.8, 4) is 0 Å². The number of anilines is 1. The standard InChI is InChI=1S/C13H14BrN3O2/c1-2-11-6-16-12(19-11)7-17-13(18)8-3-9(14)5-10(15)4-8/h3-6H,2,7,15H2,1H3,(H,17,18). The molecule has 1 amide bonds. The number of nitrogens with two attached hydrogens (primary N) is 1. The van der Waals surface area contributed by atoms with Gasteiger partial charge in [-0.15, -0.1) is 0 Å². The fraction of sp³-hybridized carbons (Fsp3) is 0.231. The minimum Gasteiger partial charge on any atom is -0.444 e. The number of aromatic nitrogens is 1. The lowest BCUT2D eigenvalue weighted by Crippen LogP contribution is -2.23. The molecule has 0 saturated heterocycles. The molecule has 0 saturated carbocycles. The van der Waals surface area contributed by atoms with E-state index in [9.17, 15) is 4.79 Å². The maximum atomic E-state index is 11.9. The molecular formula is C13H14BrN3O2. The lowest BCUT2D eigenvalue weighted by molar-refractivity contribution is 0.0947. The van der Waals surface area contributed by atoms with Gasteiger partial charge in [0.1, 0.15) is 5.76 Å². The van der Waals surface area contributed by atoms with Gasteiger partial charge in [0, 0.05) is 22.1 Å². The van der Waals surface area contributed by atoms with Crippen molar-refractivity contribution in [2.24, 2.45) is 0 Å². The van der Waals surface area contributed by atoms with Gasteiger partial charge in [-0.05, 0) is 18.2 Å². The summed E-state index contributed by atoms with van der Waals surface area (Å²) < 4.78 is 6.17. The van der Waals surface area contributed by atoms with E-state index >= 15 is 0 Å². The Labute approximate surface area is 119 Å². The van der Waals surface area contributed by atoms with E-state index in [-0.39, 0.29) is 12.5 Å². The SMILES string of the molecule is CCc1cnc(CNC(=O)c2cc(N)cc(Br)c2)o1. The fourth-order valence-electron chi connectivity index (χ4n) is 1.59. The molecule has 0 radical (unpaired) electrons. The molecule has 0 atom stereocenters. The van der Waals surface area contributed by atoms with Crippen LogP contribution in [0.2, 0.25) is 0 Å². The number of hydrogen-bond donors (Lipinski definition) is 2. The number of carbonyl (C=O) groups is 1. The summed E-state index contributed by atoms with van der Waals surface area (Å²) in [6.07, 6.45) is 2.45. The molecular weight excluding hydrogens is 310 g/mol. The summed E-state index contributed by atoms with van der Waals surface area (Å²) in [5.41, 5.74) is 6.71. The summed E-state index contributed by atoms with van der Waals surface area (Å²) in [6, 6.07) is 5.06. The van der Waals surface area contributed by atoms with Crippen LogP contribution in [0.1, 0.15) is 28.9 Å². The number of benzene rings is 1. The van der Waals surface area contributed by atoms with Gasteiger partial charge in [-0.2, -0.15) is 0 Å². The Morgan fingerprint density at radius 2 is 2.26 bits per heavy atom. The van der Waals surface area contributed by atoms with Gasteiger partial charge in [0.2, 0.25) is 5.89 Å². The van der Waals surface area contributed by atoms with Crippen LogP contribution >= 0.6 is 15.9 Å². The second-order valence-corrected chi connectivity index (χ2v) is 4.95. The van der Waals surface area contributed by atoms with Crippen LogP contribution in [0, 0.1) is 0 Å². The Hall–Kier alpha value is -1.82. The molecule has 1 aromatic heterocycles. The van der Waals surface area contributed by atoms with E-state index in [1.54, 1.807) is 24.4 Å². The van der Waals surface area contributed by atoms with E-state index in [2.05, 4.69) is 26.2 Å². The molecule has 0 aliphatic rings. The van der Waals surface area contributed by atoms with Crippen molar-refractivity contribution in [3.05, 3.63) is 46.1 Å². The number of aryl methyl sites for hydroxylation is 1. The lowest BCUT2D eigenvalue weighted by atomic mass is 10.2. The van der Waals surface area contributed by atoms with Gasteiger partial charge in [0.15, 0.2) is 0 Å². The zero-order valence-electron chi connectivity index (χ0n) is 10.4. The molecule has 0 aliphatic carbocycles. The van der Waals surface area contributed by atoms with Gasteiger partial charge >= 0.3 is 0 Å². The number of nitrogens with one attached hydrogen (secondary N) is 1. The molecule has 1 heterocycles. The molecule has 0 fully saturated rings. The van der Waals surface area contributed by atoms with Crippen LogP contribution in [0.3, 0.4) is 0 Å². The second-order valence-electron chi connectivity index (χ2n) is 4.03. The molecule has 0 bridgehead atoms. The molecule has 1 aromatic carbocycles. The number of oxazole rings is 1. The van der Waals surface area contributed by atoms with Gasteiger partial charge in [0.05, 0.1) is 12.7 Å². The lowest BCUT2D eigenvalue weighted by Gasteiger charge is -2.04. The number of carbonyl (C=O) groups excluding carboxylic acids is 1. The van der Waals surface area contributed by atoms with Crippen LogP contribution in [-0.4, -0.2) is 10.9 Å². The number of halogens is 1. The first-order valence-electron chi connectivity index (χ1n) is 5.86. The van der Waals surface area contributed by atoms with Gasteiger partial charge < -0.3 is 15.5 Å². The molecule has 19 heavy (non-hydrogen) atoms. The minimum atomic E-state index is -0.218. The summed E-state index contributed by atoms with van der Waals surface area (Å²) >= 11 is 3.30. The Kier molecular flexibility index (Phi) is 4.21. The number of nitrogen functional groups attached to an aromatic ring is 1. The highest BCUT2D eigenvalue weighted by Crippen LogP contribution is 2.17. The maximum Gasteiger partial charge on any atom is 0.251 e. The molecule has 2 rings (SSSR count). The Morgan fingerprint density at radius 3 is 2.89 bits per heavy atom. The molecule has 100 valence electrons. The highest BCUT2D eigenvalue weighted by atomic mass is 79.9. The van der Waals surface area contributed by atoms with Crippen molar-refractivity contribution in [3.63, 3.8) is 0 Å². The van der Waals surface area contributed by atoms with Crippen LogP contribution in [0.25, 0.3) is 0 Å². The first-order chi connectivity index (χ1) is 9.08. The molecule has 2 aromatic rings. The summed E-state index contributed by atoms with van der Waals surface area (Å²) in [5, 5.41) is 2.74. The average Bonchev–Trinajstić information content (AvgIpc) is 2.82. The molecule has 3 N–H and O–H groups in total. The largest absolute Gasteiger partial charge is 0.444 e. The molecule has 0 aliphatic heterocycles. The number of rotatable bonds is 4. The van der Waals surface area contributed by atoms with Crippen LogP contribution in [0.4, 0.5) is 5.69 Å². The van der Waals surface area contributed by atoms with Crippen LogP contribution in [0.5, 0.6) is 0 Å². The van der Waals surface area contributed by atoms with Crippen molar-refractivity contribution in [2.45, 2.75) is 19.9 Å². The third-order valence-electron chi connectivity index (χ3n) is 2.53. The number of nitrogens with zero attached hydrogens (tertiary/aromatic N) is 1. The predicted molar refractivity (Wildman–Crippen MR) is 75.6 cm³/mol. The maximum absolute atomic E-state index is 11.9. The van der Waals surface area contributed by atoms with Crippen molar-refractivity contribution in [2.75, 3.05) is 5.73 Å². The van der Waals surface area contributed by atoms with Gasteiger partial charge in [-0.3, -0.25) is 4.79 Å². The second kappa shape index (κ2) is 5.88. The van der Waals surface area contributed by atoms with E-state index in [1.165, 1.54) is 0 Å². The van der Waals surface area contributed by atoms with Gasteiger partial charge in [0.25, 0.3) is 5.91 Å². The third-order valence-corrected chi connectivity index (χ3v) is 2.99. The van der Waals surface area contributed by atoms with E-state index < -0.39 is 0 Å². The van der Waals surface area contributed by atoms with Crippen molar-refractivity contribution < 1.29 is 9.21 Å². The van der Waals surface area contributed by atoms with Gasteiger partial charge in [-0.25, -0.2) is 4.98 Å². The summed E-state index contributed by atoms with van der Waals surface area (Å²) in [6.45, 7) is 2.23. The van der Waals surface area contributed by atoms with Crippen LogP contribution in [0.15, 0.2) is 33.3 Å². The topological polar surface area (TPSA) is 81.2 Å². The zero-order valence-corrected chi connectivity index (χ0v) is 12.0. The smallest absolute Gasteiger partial charge is 0.251 e. The van der Waals surface area contributed by atoms with Crippen LogP contribution in [-0.2, 0) is 13.0 Å². The van der Waals surface area contributed by atoms with Crippen molar-refractivity contribution >= 4 is 27.5 Å². The third kappa shape index (κ3) is 3.57. The number of amides is 1. The van der Waals surface area contributed by atoms with Gasteiger partial charge in [-0.1, -0.05) is 22.9 Å². The summed E-state index contributed by atoms with van der Waals surface area (Å²) in [5.74, 6) is 1.08. The number of hydrogen-bond acceptors (Lipinski definition) is 4. The quantitative estimate of drug-likeness (QED) is 0.847. The Bertz CT molecular complexity index is 575. The zero-order chi connectivity index (χ0) is 13.8. The van der Waals surface area contributed by atoms with Crippen molar-refractivity contribution in [1.82, 2.24) is 10.3 Å². The average molecular weight is 324 g/mol. The normalized spacial score (nSPS) is 10.4. The van der Waals surface area contributed by atoms with Crippen LogP contribution < -0.4 is 11.1 Å². The highest BCUT2D eigenvalue weighted by molar-refractivity contribution is 9.10. The molecule has 0 unspecified atom stereocenters. The summed E-state index contributed by atoms with van der Waals surface area (Å²) in [7, 11) is 0. The first-order valence-corrected chi connectivity index (χ1v) is 6.65. The van der Waals surface area contributed by atoms with E-state index in [0.717, 1.165) is 16.7 Å². The highest BCUT2D eigenvalue weighted by Gasteiger charge is 2.09. The summed E-state index contributed by atoms with van der Waals surface area (Å²) in [4.78, 5) is 16.0. The monoisotopic (exact) mass is 323 g/mol. The first kappa shape index (κ1) is 13.6. The van der Waals surface area contributed by atoms with E-state index in [4.69, 9.17) is 10.2 Å². The molecule has 0 spiro atoms. The molecule has 5 nitrogen and oxygen atoms in total. The predicted octanol–water partition coefficient (Wildman–Crippen LogP) is 2.51. The molecule has 6 heteroatoms. The Balaban J connectivity index is 2.00. The Morgan fingerprint density at radius 1 is 1.47 bits per heavy atom. The van der Waals surface area contributed by atoms with E-state index in [0.29, 0.717) is 17.1 Å².